The van der Waals surface area contributed by atoms with Gasteiger partial charge >= 0.3 is 0 Å². The first-order valence-corrected chi connectivity index (χ1v) is 4.43. The van der Waals surface area contributed by atoms with Gasteiger partial charge in [-0.2, -0.15) is 0 Å². The van der Waals surface area contributed by atoms with Crippen LogP contribution in [0.1, 0.15) is 20.8 Å². The molecule has 1 atom stereocenters. The number of rotatable bonds is 1. The Morgan fingerprint density at radius 3 is 2.58 bits per heavy atom. The Bertz CT molecular complexity index is 256. The molecule has 0 amide bonds. The first-order chi connectivity index (χ1) is 5.70. The zero-order valence-electron chi connectivity index (χ0n) is 8.31. The molecule has 1 heteroatoms. The van der Waals surface area contributed by atoms with Gasteiger partial charge in [-0.15, -0.1) is 0 Å². The van der Waals surface area contributed by atoms with Crippen molar-refractivity contribution in [3.63, 3.8) is 0 Å². The zero-order valence-corrected chi connectivity index (χ0v) is 8.31. The van der Waals surface area contributed by atoms with E-state index in [2.05, 4.69) is 44.3 Å². The number of likely N-dealkylation sites (N-methyl/N-ethyl adjacent to an activating group) is 1. The van der Waals surface area contributed by atoms with Crippen molar-refractivity contribution < 1.29 is 0 Å². The van der Waals surface area contributed by atoms with Gasteiger partial charge in [0.25, 0.3) is 0 Å². The van der Waals surface area contributed by atoms with E-state index in [1.165, 1.54) is 16.8 Å². The van der Waals surface area contributed by atoms with E-state index in [9.17, 15) is 0 Å². The summed E-state index contributed by atoms with van der Waals surface area (Å²) in [6, 6.07) is 0. The summed E-state index contributed by atoms with van der Waals surface area (Å²) < 4.78 is 0. The SMILES string of the molecule is C/C=C1\C(NC)=CC=C(C)[C@@H]1C. The molecule has 1 nitrogen and oxygen atoms in total. The van der Waals surface area contributed by atoms with Crippen molar-refractivity contribution in [2.24, 2.45) is 5.92 Å². The average Bonchev–Trinajstić information content (AvgIpc) is 2.09. The van der Waals surface area contributed by atoms with Crippen LogP contribution in [0.5, 0.6) is 0 Å². The Labute approximate surface area is 74.9 Å². The predicted octanol–water partition coefficient (Wildman–Crippen LogP) is 2.63. The van der Waals surface area contributed by atoms with Crippen LogP contribution in [0.4, 0.5) is 0 Å². The molecule has 0 saturated heterocycles. The van der Waals surface area contributed by atoms with Crippen LogP contribution in [-0.4, -0.2) is 7.05 Å². The van der Waals surface area contributed by atoms with Gasteiger partial charge in [0.1, 0.15) is 0 Å². The van der Waals surface area contributed by atoms with Crippen LogP contribution in [0.25, 0.3) is 0 Å². The molecule has 0 aromatic carbocycles. The normalized spacial score (nSPS) is 26.7. The second-order valence-electron chi connectivity index (χ2n) is 3.21. The minimum absolute atomic E-state index is 0.558. The Morgan fingerprint density at radius 1 is 1.42 bits per heavy atom. The molecule has 0 fully saturated rings. The molecule has 0 unspecified atom stereocenters. The lowest BCUT2D eigenvalue weighted by Crippen LogP contribution is -2.16. The minimum atomic E-state index is 0.558. The van der Waals surface area contributed by atoms with Crippen LogP contribution in [0, 0.1) is 5.92 Å². The Morgan fingerprint density at radius 2 is 2.08 bits per heavy atom. The third-order valence-corrected chi connectivity index (χ3v) is 2.55. The topological polar surface area (TPSA) is 12.0 Å². The fourth-order valence-corrected chi connectivity index (χ4v) is 1.57. The highest BCUT2D eigenvalue weighted by molar-refractivity contribution is 5.42. The maximum absolute atomic E-state index is 3.20. The molecule has 0 saturated carbocycles. The van der Waals surface area contributed by atoms with E-state index in [1.807, 2.05) is 7.05 Å². The molecule has 66 valence electrons. The zero-order chi connectivity index (χ0) is 9.14. The van der Waals surface area contributed by atoms with Crippen molar-refractivity contribution in [2.75, 3.05) is 7.05 Å². The predicted molar refractivity (Wildman–Crippen MR) is 53.8 cm³/mol. The van der Waals surface area contributed by atoms with E-state index < -0.39 is 0 Å². The molecular weight excluding hydrogens is 146 g/mol. The second-order valence-corrected chi connectivity index (χ2v) is 3.21. The molecule has 1 aliphatic rings. The quantitative estimate of drug-likeness (QED) is 0.626. The lowest BCUT2D eigenvalue weighted by Gasteiger charge is -2.22. The molecule has 0 bridgehead atoms. The van der Waals surface area contributed by atoms with Gasteiger partial charge < -0.3 is 5.32 Å². The van der Waals surface area contributed by atoms with Crippen molar-refractivity contribution >= 4 is 0 Å². The van der Waals surface area contributed by atoms with Gasteiger partial charge in [-0.1, -0.05) is 24.6 Å². The Hall–Kier alpha value is -0.980. The van der Waals surface area contributed by atoms with Gasteiger partial charge in [0.2, 0.25) is 0 Å². The lowest BCUT2D eigenvalue weighted by molar-refractivity contribution is 0.767. The van der Waals surface area contributed by atoms with Crippen molar-refractivity contribution in [3.05, 3.63) is 35.1 Å². The smallest absolute Gasteiger partial charge is 0.0372 e. The third-order valence-electron chi connectivity index (χ3n) is 2.55. The fourth-order valence-electron chi connectivity index (χ4n) is 1.57. The third kappa shape index (κ3) is 1.45. The largest absolute Gasteiger partial charge is 0.388 e. The van der Waals surface area contributed by atoms with E-state index in [-0.39, 0.29) is 0 Å². The summed E-state index contributed by atoms with van der Waals surface area (Å²) in [7, 11) is 1.97. The van der Waals surface area contributed by atoms with Crippen LogP contribution in [0.3, 0.4) is 0 Å². The standard InChI is InChI=1S/C11H17N/c1-5-10-9(3)8(2)6-7-11(10)12-4/h5-7,9,12H,1-4H3/b10-5-/t9-/m0/s1. The number of hydrogen-bond acceptors (Lipinski definition) is 1. The van der Waals surface area contributed by atoms with Crippen LogP contribution >= 0.6 is 0 Å². The van der Waals surface area contributed by atoms with Crippen LogP contribution in [0.2, 0.25) is 0 Å². The number of nitrogens with one attached hydrogen (secondary N) is 1. The van der Waals surface area contributed by atoms with Crippen molar-refractivity contribution in [3.8, 4) is 0 Å². The Balaban J connectivity index is 3.02. The van der Waals surface area contributed by atoms with Gasteiger partial charge in [-0.25, -0.2) is 0 Å². The molecular formula is C11H17N. The summed E-state index contributed by atoms with van der Waals surface area (Å²) in [5.74, 6) is 0.558. The summed E-state index contributed by atoms with van der Waals surface area (Å²) in [6.45, 7) is 6.51. The number of allylic oxidation sites excluding steroid dienone is 5. The van der Waals surface area contributed by atoms with Gasteiger partial charge in [-0.3, -0.25) is 0 Å². The fraction of sp³-hybridized carbons (Fsp3) is 0.455. The summed E-state index contributed by atoms with van der Waals surface area (Å²) >= 11 is 0. The van der Waals surface area contributed by atoms with Gasteiger partial charge in [-0.05, 0) is 25.5 Å². The van der Waals surface area contributed by atoms with Crippen molar-refractivity contribution in [1.29, 1.82) is 0 Å². The molecule has 0 aromatic heterocycles. The highest BCUT2D eigenvalue weighted by Crippen LogP contribution is 2.28. The Kier molecular flexibility index (Phi) is 2.74. The number of hydrogen-bond donors (Lipinski definition) is 1. The van der Waals surface area contributed by atoms with E-state index in [1.54, 1.807) is 0 Å². The molecule has 12 heavy (non-hydrogen) atoms. The first-order valence-electron chi connectivity index (χ1n) is 4.43. The molecule has 0 radical (unpaired) electrons. The molecule has 0 aromatic rings. The molecule has 0 spiro atoms. The van der Waals surface area contributed by atoms with Crippen molar-refractivity contribution in [2.45, 2.75) is 20.8 Å². The van der Waals surface area contributed by atoms with Crippen LogP contribution < -0.4 is 5.32 Å². The van der Waals surface area contributed by atoms with Crippen LogP contribution in [-0.2, 0) is 0 Å². The van der Waals surface area contributed by atoms with Gasteiger partial charge in [0.15, 0.2) is 0 Å². The van der Waals surface area contributed by atoms with Gasteiger partial charge in [0.05, 0.1) is 0 Å². The van der Waals surface area contributed by atoms with Crippen LogP contribution in [0.15, 0.2) is 35.1 Å². The van der Waals surface area contributed by atoms with Crippen molar-refractivity contribution in [1.82, 2.24) is 5.32 Å². The van der Waals surface area contributed by atoms with E-state index in [0.717, 1.165) is 0 Å². The highest BCUT2D eigenvalue weighted by Gasteiger charge is 2.15. The summed E-state index contributed by atoms with van der Waals surface area (Å²) in [4.78, 5) is 0. The van der Waals surface area contributed by atoms with E-state index >= 15 is 0 Å². The summed E-state index contributed by atoms with van der Waals surface area (Å²) in [5.41, 5.74) is 4.08. The van der Waals surface area contributed by atoms with Gasteiger partial charge in [0, 0.05) is 18.7 Å². The lowest BCUT2D eigenvalue weighted by atomic mass is 9.87. The molecule has 0 aliphatic heterocycles. The second kappa shape index (κ2) is 3.61. The average molecular weight is 163 g/mol. The maximum Gasteiger partial charge on any atom is 0.0372 e. The molecule has 1 rings (SSSR count). The molecule has 1 aliphatic carbocycles. The van der Waals surface area contributed by atoms with E-state index in [0.29, 0.717) is 5.92 Å². The summed E-state index contributed by atoms with van der Waals surface area (Å²) in [5, 5.41) is 3.20. The highest BCUT2D eigenvalue weighted by atomic mass is 14.8. The first kappa shape index (κ1) is 9.11. The maximum atomic E-state index is 3.20. The molecule has 0 heterocycles. The molecule has 1 N–H and O–H groups in total. The van der Waals surface area contributed by atoms with E-state index in [4.69, 9.17) is 0 Å². The summed E-state index contributed by atoms with van der Waals surface area (Å²) in [6.07, 6.45) is 6.51. The minimum Gasteiger partial charge on any atom is -0.388 e. The monoisotopic (exact) mass is 163 g/mol.